The van der Waals surface area contributed by atoms with Crippen molar-refractivity contribution in [3.05, 3.63) is 34.6 Å². The Labute approximate surface area is 134 Å². The molecule has 0 N–H and O–H groups in total. The Kier molecular flexibility index (Phi) is 4.75. The van der Waals surface area contributed by atoms with Crippen LogP contribution in [0, 0.1) is 11.7 Å². The number of hydrogen-bond acceptors (Lipinski definition) is 3. The van der Waals surface area contributed by atoms with E-state index in [0.29, 0.717) is 24.9 Å². The molecule has 1 unspecified atom stereocenters. The van der Waals surface area contributed by atoms with Gasteiger partial charge in [0, 0.05) is 12.5 Å². The molecule has 1 aromatic rings. The van der Waals surface area contributed by atoms with E-state index >= 15 is 0 Å². The highest BCUT2D eigenvalue weighted by Crippen LogP contribution is 2.25. The quantitative estimate of drug-likeness (QED) is 0.830. The van der Waals surface area contributed by atoms with Gasteiger partial charge in [0.15, 0.2) is 0 Å². The Morgan fingerprint density at radius 2 is 2.14 bits per heavy atom. The lowest BCUT2D eigenvalue weighted by Crippen LogP contribution is -2.38. The Hall–Kier alpha value is -1.62. The molecule has 0 bridgehead atoms. The molecule has 1 aliphatic heterocycles. The third-order valence-corrected chi connectivity index (χ3v) is 3.70. The molecule has 6 heteroatoms. The molecule has 0 saturated carbocycles. The first-order valence-corrected chi connectivity index (χ1v) is 7.53. The number of carbonyl (C=O) groups excluding carboxylic acids is 2. The van der Waals surface area contributed by atoms with Crippen LogP contribution >= 0.6 is 11.6 Å². The van der Waals surface area contributed by atoms with Gasteiger partial charge in [-0.05, 0) is 51.3 Å². The van der Waals surface area contributed by atoms with E-state index in [-0.39, 0.29) is 16.8 Å². The van der Waals surface area contributed by atoms with E-state index in [9.17, 15) is 14.0 Å². The molecule has 0 spiro atoms. The van der Waals surface area contributed by atoms with Crippen LogP contribution in [0.4, 0.5) is 9.18 Å². The molecule has 2 rings (SSSR count). The van der Waals surface area contributed by atoms with Crippen molar-refractivity contribution < 1.29 is 18.7 Å². The monoisotopic (exact) mass is 327 g/mol. The molecule has 0 radical (unpaired) electrons. The Bertz CT molecular complexity index is 598. The van der Waals surface area contributed by atoms with Crippen LogP contribution in [-0.2, 0) is 16.0 Å². The van der Waals surface area contributed by atoms with Crippen LogP contribution in [0.25, 0.3) is 0 Å². The van der Waals surface area contributed by atoms with Gasteiger partial charge in [0.2, 0.25) is 5.91 Å². The predicted molar refractivity (Wildman–Crippen MR) is 81.2 cm³/mol. The summed E-state index contributed by atoms with van der Waals surface area (Å²) < 4.78 is 18.7. The third kappa shape index (κ3) is 3.97. The molecular formula is C16H19ClFNO3. The average molecular weight is 328 g/mol. The summed E-state index contributed by atoms with van der Waals surface area (Å²) in [7, 11) is 0. The van der Waals surface area contributed by atoms with Crippen LogP contribution in [0.2, 0.25) is 5.02 Å². The zero-order valence-electron chi connectivity index (χ0n) is 12.9. The van der Waals surface area contributed by atoms with Gasteiger partial charge in [-0.25, -0.2) is 14.1 Å². The van der Waals surface area contributed by atoms with E-state index in [0.717, 1.165) is 4.90 Å². The van der Waals surface area contributed by atoms with Gasteiger partial charge in [-0.3, -0.25) is 4.79 Å². The zero-order chi connectivity index (χ0) is 16.5. The predicted octanol–water partition coefficient (Wildman–Crippen LogP) is 3.81. The summed E-state index contributed by atoms with van der Waals surface area (Å²) in [4.78, 5) is 25.4. The topological polar surface area (TPSA) is 46.6 Å². The van der Waals surface area contributed by atoms with Crippen molar-refractivity contribution in [2.24, 2.45) is 5.92 Å². The molecule has 120 valence electrons. The molecule has 1 saturated heterocycles. The Balaban J connectivity index is 2.02. The maximum absolute atomic E-state index is 13.4. The minimum Gasteiger partial charge on any atom is -0.443 e. The lowest BCUT2D eigenvalue weighted by molar-refractivity contribution is -0.130. The first-order chi connectivity index (χ1) is 10.2. The number of imide groups is 1. The van der Waals surface area contributed by atoms with Gasteiger partial charge in [0.25, 0.3) is 0 Å². The van der Waals surface area contributed by atoms with Crippen molar-refractivity contribution >= 4 is 23.6 Å². The van der Waals surface area contributed by atoms with Gasteiger partial charge < -0.3 is 4.74 Å². The average Bonchev–Trinajstić information content (AvgIpc) is 2.74. The SMILES string of the molecule is CC(C)(C)OC(=O)N1CCC(Cc2ccc(Cl)c(F)c2)C1=O. The number of carbonyl (C=O) groups is 2. The van der Waals surface area contributed by atoms with Crippen LogP contribution in [0.1, 0.15) is 32.8 Å². The van der Waals surface area contributed by atoms with Crippen LogP contribution in [0.5, 0.6) is 0 Å². The van der Waals surface area contributed by atoms with Crippen LogP contribution in [0.3, 0.4) is 0 Å². The fourth-order valence-electron chi connectivity index (χ4n) is 2.38. The van der Waals surface area contributed by atoms with Gasteiger partial charge in [-0.1, -0.05) is 17.7 Å². The third-order valence-electron chi connectivity index (χ3n) is 3.40. The second kappa shape index (κ2) is 6.24. The highest BCUT2D eigenvalue weighted by Gasteiger charge is 2.37. The first kappa shape index (κ1) is 16.7. The van der Waals surface area contributed by atoms with E-state index < -0.39 is 17.5 Å². The first-order valence-electron chi connectivity index (χ1n) is 7.15. The van der Waals surface area contributed by atoms with Crippen molar-refractivity contribution in [1.29, 1.82) is 0 Å². The molecule has 22 heavy (non-hydrogen) atoms. The van der Waals surface area contributed by atoms with E-state index in [4.69, 9.17) is 16.3 Å². The van der Waals surface area contributed by atoms with Gasteiger partial charge in [-0.15, -0.1) is 0 Å². The molecule has 1 atom stereocenters. The summed E-state index contributed by atoms with van der Waals surface area (Å²) in [6.07, 6.45) is 0.302. The number of benzene rings is 1. The van der Waals surface area contributed by atoms with Gasteiger partial charge in [0.05, 0.1) is 5.02 Å². The van der Waals surface area contributed by atoms with E-state index in [1.165, 1.54) is 12.1 Å². The van der Waals surface area contributed by atoms with Gasteiger partial charge in [-0.2, -0.15) is 0 Å². The van der Waals surface area contributed by atoms with Crippen LogP contribution in [-0.4, -0.2) is 29.0 Å². The normalized spacial score (nSPS) is 18.7. The van der Waals surface area contributed by atoms with Crippen LogP contribution < -0.4 is 0 Å². The number of amides is 2. The van der Waals surface area contributed by atoms with Crippen molar-refractivity contribution in [3.8, 4) is 0 Å². The van der Waals surface area contributed by atoms with Crippen molar-refractivity contribution in [2.45, 2.75) is 39.2 Å². The zero-order valence-corrected chi connectivity index (χ0v) is 13.6. The minimum absolute atomic E-state index is 0.0527. The summed E-state index contributed by atoms with van der Waals surface area (Å²) >= 11 is 5.64. The number of nitrogens with zero attached hydrogens (tertiary/aromatic N) is 1. The van der Waals surface area contributed by atoms with Crippen molar-refractivity contribution in [3.63, 3.8) is 0 Å². The molecule has 1 aliphatic rings. The number of ether oxygens (including phenoxy) is 1. The highest BCUT2D eigenvalue weighted by atomic mass is 35.5. The fraction of sp³-hybridized carbons (Fsp3) is 0.500. The maximum atomic E-state index is 13.4. The summed E-state index contributed by atoms with van der Waals surface area (Å²) in [5, 5.41) is 0.0527. The Morgan fingerprint density at radius 1 is 1.45 bits per heavy atom. The maximum Gasteiger partial charge on any atom is 0.417 e. The van der Waals surface area contributed by atoms with Crippen molar-refractivity contribution in [1.82, 2.24) is 4.90 Å². The molecule has 1 aromatic carbocycles. The standard InChI is InChI=1S/C16H19ClFNO3/c1-16(2,3)22-15(21)19-7-6-11(14(19)20)8-10-4-5-12(17)13(18)9-10/h4-5,9,11H,6-8H2,1-3H3. The number of likely N-dealkylation sites (tertiary alicyclic amines) is 1. The lowest BCUT2D eigenvalue weighted by Gasteiger charge is -2.23. The molecule has 0 aromatic heterocycles. The largest absolute Gasteiger partial charge is 0.443 e. The van der Waals surface area contributed by atoms with Gasteiger partial charge >= 0.3 is 6.09 Å². The summed E-state index contributed by atoms with van der Waals surface area (Å²) in [6.45, 7) is 5.58. The second-order valence-corrected chi connectivity index (χ2v) is 6.82. The summed E-state index contributed by atoms with van der Waals surface area (Å²) in [5.74, 6) is -1.12. The molecule has 2 amide bonds. The van der Waals surface area contributed by atoms with E-state index in [2.05, 4.69) is 0 Å². The molecule has 1 heterocycles. The van der Waals surface area contributed by atoms with Crippen molar-refractivity contribution in [2.75, 3.05) is 6.54 Å². The molecule has 4 nitrogen and oxygen atoms in total. The number of hydrogen-bond donors (Lipinski definition) is 0. The number of halogens is 2. The minimum atomic E-state index is -0.644. The number of rotatable bonds is 2. The van der Waals surface area contributed by atoms with Crippen LogP contribution in [0.15, 0.2) is 18.2 Å². The molecule has 0 aliphatic carbocycles. The van der Waals surface area contributed by atoms with E-state index in [1.807, 2.05) is 0 Å². The smallest absolute Gasteiger partial charge is 0.417 e. The van der Waals surface area contributed by atoms with E-state index in [1.54, 1.807) is 26.8 Å². The highest BCUT2D eigenvalue weighted by molar-refractivity contribution is 6.30. The summed E-state index contributed by atoms with van der Waals surface area (Å²) in [5.41, 5.74) is 0.0423. The fourth-order valence-corrected chi connectivity index (χ4v) is 2.50. The van der Waals surface area contributed by atoms with Gasteiger partial charge in [0.1, 0.15) is 11.4 Å². The lowest BCUT2D eigenvalue weighted by atomic mass is 9.98. The Morgan fingerprint density at radius 3 is 2.73 bits per heavy atom. The molecular weight excluding hydrogens is 309 g/mol. The second-order valence-electron chi connectivity index (χ2n) is 6.41. The molecule has 1 fully saturated rings. The summed E-state index contributed by atoms with van der Waals surface area (Å²) in [6, 6.07) is 4.48.